The van der Waals surface area contributed by atoms with Gasteiger partial charge in [0.05, 0.1) is 0 Å². The van der Waals surface area contributed by atoms with Gasteiger partial charge < -0.3 is 0 Å². The van der Waals surface area contributed by atoms with E-state index >= 15 is 0 Å². The van der Waals surface area contributed by atoms with Gasteiger partial charge in [-0.15, -0.1) is 0 Å². The fraction of sp³-hybridized carbons (Fsp3) is 0.444. The lowest BCUT2D eigenvalue weighted by Crippen LogP contribution is -2.16. The molecule has 0 amide bonds. The number of fused-ring (bicyclic) bond motifs is 1. The maximum absolute atomic E-state index is 4.80. The Morgan fingerprint density at radius 1 is 1.20 bits per heavy atom. The molecule has 0 fully saturated rings. The number of benzene rings is 1. The molecule has 3 rings (SSSR count). The second-order valence-corrected chi connectivity index (χ2v) is 5.93. The van der Waals surface area contributed by atoms with Crippen molar-refractivity contribution in [3.05, 3.63) is 47.3 Å². The van der Waals surface area contributed by atoms with Crippen LogP contribution in [0.25, 0.3) is 11.4 Å². The number of rotatable bonds is 3. The first kappa shape index (κ1) is 13.3. The van der Waals surface area contributed by atoms with Crippen LogP contribution < -0.4 is 0 Å². The fourth-order valence-electron chi connectivity index (χ4n) is 3.08. The smallest absolute Gasteiger partial charge is 0.159 e. The molecule has 20 heavy (non-hydrogen) atoms. The minimum Gasteiger partial charge on any atom is -0.236 e. The highest BCUT2D eigenvalue weighted by molar-refractivity contribution is 5.55. The van der Waals surface area contributed by atoms with Crippen molar-refractivity contribution in [3.8, 4) is 11.4 Å². The molecule has 1 aliphatic rings. The summed E-state index contributed by atoms with van der Waals surface area (Å²) >= 11 is 0. The van der Waals surface area contributed by atoms with E-state index in [1.165, 1.54) is 36.1 Å². The van der Waals surface area contributed by atoms with Crippen molar-refractivity contribution in [1.29, 1.82) is 0 Å². The summed E-state index contributed by atoms with van der Waals surface area (Å²) in [6.07, 6.45) is 8.23. The maximum atomic E-state index is 4.80. The lowest BCUT2D eigenvalue weighted by molar-refractivity contribution is 0.417. The van der Waals surface area contributed by atoms with Crippen molar-refractivity contribution in [2.45, 2.75) is 46.0 Å². The number of aryl methyl sites for hydroxylation is 2. The molecule has 0 aliphatic heterocycles. The third-order valence-corrected chi connectivity index (χ3v) is 4.26. The highest BCUT2D eigenvalue weighted by Crippen LogP contribution is 2.28. The van der Waals surface area contributed by atoms with Crippen LogP contribution in [0.4, 0.5) is 0 Å². The normalized spacial score (nSPS) is 17.8. The third-order valence-electron chi connectivity index (χ3n) is 4.26. The van der Waals surface area contributed by atoms with Gasteiger partial charge in [0.25, 0.3) is 0 Å². The van der Waals surface area contributed by atoms with Crippen molar-refractivity contribution in [3.63, 3.8) is 0 Å². The van der Waals surface area contributed by atoms with Crippen LogP contribution in [0.5, 0.6) is 0 Å². The van der Waals surface area contributed by atoms with E-state index in [1.54, 1.807) is 0 Å². The summed E-state index contributed by atoms with van der Waals surface area (Å²) < 4.78 is 0. The van der Waals surface area contributed by atoms with E-state index < -0.39 is 0 Å². The van der Waals surface area contributed by atoms with Gasteiger partial charge in [-0.3, -0.25) is 0 Å². The summed E-state index contributed by atoms with van der Waals surface area (Å²) in [6, 6.07) is 8.46. The second-order valence-electron chi connectivity index (χ2n) is 5.93. The summed E-state index contributed by atoms with van der Waals surface area (Å²) in [4.78, 5) is 9.37. The molecule has 2 heteroatoms. The van der Waals surface area contributed by atoms with E-state index in [1.807, 2.05) is 0 Å². The van der Waals surface area contributed by atoms with Gasteiger partial charge in [-0.1, -0.05) is 49.6 Å². The molecule has 1 heterocycles. The van der Waals surface area contributed by atoms with Crippen LogP contribution in [-0.4, -0.2) is 9.97 Å². The summed E-state index contributed by atoms with van der Waals surface area (Å²) in [6.45, 7) is 4.37. The highest BCUT2D eigenvalue weighted by atomic mass is 14.9. The van der Waals surface area contributed by atoms with Crippen molar-refractivity contribution in [2.24, 2.45) is 5.92 Å². The molecule has 0 radical (unpaired) electrons. The molecule has 0 N–H and O–H groups in total. The standard InChI is InChI=1S/C18H22N2/c1-3-4-14-7-10-17-16(11-14)12-19-18(20-17)15-8-5-13(2)6-9-15/h5-6,8-9,12,14H,3-4,7,10-11H2,1-2H3. The van der Waals surface area contributed by atoms with Gasteiger partial charge in [0.1, 0.15) is 0 Å². The molecular weight excluding hydrogens is 244 g/mol. The molecule has 1 aromatic heterocycles. The van der Waals surface area contributed by atoms with Gasteiger partial charge in [0.2, 0.25) is 0 Å². The largest absolute Gasteiger partial charge is 0.236 e. The number of hydrogen-bond donors (Lipinski definition) is 0. The Balaban J connectivity index is 1.85. The van der Waals surface area contributed by atoms with E-state index in [4.69, 9.17) is 4.98 Å². The van der Waals surface area contributed by atoms with E-state index in [9.17, 15) is 0 Å². The van der Waals surface area contributed by atoms with Gasteiger partial charge in [0.15, 0.2) is 5.82 Å². The van der Waals surface area contributed by atoms with Gasteiger partial charge in [-0.05, 0) is 37.7 Å². The molecule has 2 aromatic rings. The zero-order valence-corrected chi connectivity index (χ0v) is 12.4. The van der Waals surface area contributed by atoms with Gasteiger partial charge in [-0.2, -0.15) is 0 Å². The van der Waals surface area contributed by atoms with Gasteiger partial charge in [-0.25, -0.2) is 9.97 Å². The lowest BCUT2D eigenvalue weighted by Gasteiger charge is -2.23. The van der Waals surface area contributed by atoms with E-state index in [0.29, 0.717) is 0 Å². The van der Waals surface area contributed by atoms with E-state index in [2.05, 4.69) is 49.3 Å². The Morgan fingerprint density at radius 3 is 2.75 bits per heavy atom. The van der Waals surface area contributed by atoms with Crippen LogP contribution >= 0.6 is 0 Å². The maximum Gasteiger partial charge on any atom is 0.159 e. The minimum atomic E-state index is 0.835. The molecule has 1 unspecified atom stereocenters. The van der Waals surface area contributed by atoms with Crippen LogP contribution in [-0.2, 0) is 12.8 Å². The third kappa shape index (κ3) is 2.74. The van der Waals surface area contributed by atoms with Crippen LogP contribution in [0.15, 0.2) is 30.5 Å². The molecule has 0 saturated heterocycles. The summed E-state index contributed by atoms with van der Waals surface area (Å²) in [5, 5.41) is 0. The first-order valence-electron chi connectivity index (χ1n) is 7.68. The highest BCUT2D eigenvalue weighted by Gasteiger charge is 2.20. The molecule has 0 saturated carbocycles. The first-order chi connectivity index (χ1) is 9.76. The summed E-state index contributed by atoms with van der Waals surface area (Å²) in [5.41, 5.74) is 5.02. The number of nitrogens with zero attached hydrogens (tertiary/aromatic N) is 2. The molecule has 0 bridgehead atoms. The molecular formula is C18H22N2. The zero-order valence-electron chi connectivity index (χ0n) is 12.4. The minimum absolute atomic E-state index is 0.835. The topological polar surface area (TPSA) is 25.8 Å². The average Bonchev–Trinajstić information content (AvgIpc) is 2.48. The van der Waals surface area contributed by atoms with E-state index in [0.717, 1.165) is 30.1 Å². The molecule has 1 aliphatic carbocycles. The fourth-order valence-corrected chi connectivity index (χ4v) is 3.08. The molecule has 1 atom stereocenters. The Kier molecular flexibility index (Phi) is 3.81. The first-order valence-corrected chi connectivity index (χ1v) is 7.68. The Bertz CT molecular complexity index is 587. The monoisotopic (exact) mass is 266 g/mol. The summed E-state index contributed by atoms with van der Waals surface area (Å²) in [5.74, 6) is 1.71. The van der Waals surface area contributed by atoms with Crippen molar-refractivity contribution < 1.29 is 0 Å². The van der Waals surface area contributed by atoms with Gasteiger partial charge in [0, 0.05) is 17.5 Å². The Hall–Kier alpha value is -1.70. The van der Waals surface area contributed by atoms with Crippen LogP contribution in [0.1, 0.15) is 43.0 Å². The molecule has 104 valence electrons. The second kappa shape index (κ2) is 5.74. The average molecular weight is 266 g/mol. The quantitative estimate of drug-likeness (QED) is 0.825. The SMILES string of the molecule is CCCC1CCc2nc(-c3ccc(C)cc3)ncc2C1. The molecule has 0 spiro atoms. The zero-order chi connectivity index (χ0) is 13.9. The molecule has 2 nitrogen and oxygen atoms in total. The predicted molar refractivity (Wildman–Crippen MR) is 82.6 cm³/mol. The van der Waals surface area contributed by atoms with Crippen molar-refractivity contribution >= 4 is 0 Å². The lowest BCUT2D eigenvalue weighted by atomic mass is 9.84. The van der Waals surface area contributed by atoms with Crippen LogP contribution in [0, 0.1) is 12.8 Å². The number of hydrogen-bond acceptors (Lipinski definition) is 2. The van der Waals surface area contributed by atoms with Crippen LogP contribution in [0.2, 0.25) is 0 Å². The Morgan fingerprint density at radius 2 is 2.00 bits per heavy atom. The van der Waals surface area contributed by atoms with Crippen molar-refractivity contribution in [2.75, 3.05) is 0 Å². The van der Waals surface area contributed by atoms with Crippen LogP contribution in [0.3, 0.4) is 0 Å². The van der Waals surface area contributed by atoms with Crippen molar-refractivity contribution in [1.82, 2.24) is 9.97 Å². The number of aromatic nitrogens is 2. The summed E-state index contributed by atoms with van der Waals surface area (Å²) in [7, 11) is 0. The van der Waals surface area contributed by atoms with E-state index in [-0.39, 0.29) is 0 Å². The molecule has 1 aromatic carbocycles. The predicted octanol–water partition coefficient (Wildman–Crippen LogP) is 4.36. The van der Waals surface area contributed by atoms with Gasteiger partial charge >= 0.3 is 0 Å². The Labute approximate surface area is 121 Å².